The molecule has 2 aromatic carbocycles. The predicted octanol–water partition coefficient (Wildman–Crippen LogP) is 4.87. The zero-order valence-electron chi connectivity index (χ0n) is 15.5. The molecular formula is C22H21FN2O2S. The second kappa shape index (κ2) is 9.90. The second-order valence-electron chi connectivity index (χ2n) is 6.29. The van der Waals surface area contributed by atoms with Crippen molar-refractivity contribution in [1.29, 1.82) is 0 Å². The van der Waals surface area contributed by atoms with Crippen molar-refractivity contribution in [3.8, 4) is 11.6 Å². The van der Waals surface area contributed by atoms with E-state index in [9.17, 15) is 9.18 Å². The van der Waals surface area contributed by atoms with Gasteiger partial charge in [-0.15, -0.1) is 11.8 Å². The Hall–Kier alpha value is -2.86. The van der Waals surface area contributed by atoms with Crippen molar-refractivity contribution in [1.82, 2.24) is 10.3 Å². The van der Waals surface area contributed by atoms with Crippen molar-refractivity contribution in [2.24, 2.45) is 0 Å². The molecular weight excluding hydrogens is 375 g/mol. The molecule has 3 aromatic rings. The molecule has 144 valence electrons. The average molecular weight is 396 g/mol. The van der Waals surface area contributed by atoms with Crippen LogP contribution in [0.1, 0.15) is 16.7 Å². The number of pyridine rings is 1. The van der Waals surface area contributed by atoms with Gasteiger partial charge < -0.3 is 10.1 Å². The number of rotatable bonds is 8. The van der Waals surface area contributed by atoms with Crippen LogP contribution >= 0.6 is 11.8 Å². The van der Waals surface area contributed by atoms with Crippen molar-refractivity contribution in [3.05, 3.63) is 89.4 Å². The van der Waals surface area contributed by atoms with E-state index in [1.807, 2.05) is 12.1 Å². The molecule has 1 heterocycles. The summed E-state index contributed by atoms with van der Waals surface area (Å²) in [4.78, 5) is 16.3. The SMILES string of the molecule is Cc1cccc(CSCC(=O)NCc2cccnc2Oc2cccc(F)c2)c1. The van der Waals surface area contributed by atoms with Crippen LogP contribution in [0.5, 0.6) is 11.6 Å². The topological polar surface area (TPSA) is 51.2 Å². The van der Waals surface area contributed by atoms with Gasteiger partial charge in [-0.05, 0) is 30.7 Å². The Balaban J connectivity index is 1.50. The molecule has 0 unspecified atom stereocenters. The van der Waals surface area contributed by atoms with Gasteiger partial charge in [-0.2, -0.15) is 0 Å². The summed E-state index contributed by atoms with van der Waals surface area (Å²) in [6.07, 6.45) is 1.59. The van der Waals surface area contributed by atoms with Gasteiger partial charge >= 0.3 is 0 Å². The van der Waals surface area contributed by atoms with E-state index in [1.165, 1.54) is 23.3 Å². The third-order valence-corrected chi connectivity index (χ3v) is 4.92. The summed E-state index contributed by atoms with van der Waals surface area (Å²) in [5, 5.41) is 2.88. The minimum atomic E-state index is -0.381. The molecule has 0 radical (unpaired) electrons. The Morgan fingerprint density at radius 2 is 2.00 bits per heavy atom. The fourth-order valence-corrected chi connectivity index (χ4v) is 3.41. The number of benzene rings is 2. The van der Waals surface area contributed by atoms with E-state index in [0.717, 1.165) is 11.3 Å². The van der Waals surface area contributed by atoms with Gasteiger partial charge in [0, 0.05) is 30.1 Å². The lowest BCUT2D eigenvalue weighted by atomic mass is 10.2. The standard InChI is InChI=1S/C22H21FN2O2S/c1-16-5-2-6-17(11-16)14-28-15-21(26)25-13-18-7-4-10-24-22(18)27-20-9-3-8-19(23)12-20/h2-12H,13-15H2,1H3,(H,25,26). The van der Waals surface area contributed by atoms with Crippen molar-refractivity contribution in [2.45, 2.75) is 19.2 Å². The van der Waals surface area contributed by atoms with Gasteiger partial charge in [0.2, 0.25) is 11.8 Å². The third-order valence-electron chi connectivity index (χ3n) is 3.92. The second-order valence-corrected chi connectivity index (χ2v) is 7.27. The molecule has 1 N–H and O–H groups in total. The summed E-state index contributed by atoms with van der Waals surface area (Å²) in [5.41, 5.74) is 3.14. The Kier molecular flexibility index (Phi) is 7.03. The highest BCUT2D eigenvalue weighted by atomic mass is 32.2. The number of aryl methyl sites for hydroxylation is 1. The predicted molar refractivity (Wildman–Crippen MR) is 110 cm³/mol. The minimum absolute atomic E-state index is 0.0572. The number of carbonyl (C=O) groups excluding carboxylic acids is 1. The highest BCUT2D eigenvalue weighted by molar-refractivity contribution is 7.99. The molecule has 1 amide bonds. The molecule has 0 aliphatic carbocycles. The molecule has 0 bridgehead atoms. The van der Waals surface area contributed by atoms with Gasteiger partial charge in [-0.3, -0.25) is 4.79 Å². The highest BCUT2D eigenvalue weighted by Gasteiger charge is 2.09. The number of amides is 1. The zero-order chi connectivity index (χ0) is 19.8. The van der Waals surface area contributed by atoms with Crippen LogP contribution in [0.3, 0.4) is 0 Å². The molecule has 0 saturated heterocycles. The van der Waals surface area contributed by atoms with Gasteiger partial charge in [-0.25, -0.2) is 9.37 Å². The van der Waals surface area contributed by atoms with Crippen LogP contribution in [-0.2, 0) is 17.1 Å². The Bertz CT molecular complexity index is 949. The average Bonchev–Trinajstić information content (AvgIpc) is 2.67. The molecule has 1 aromatic heterocycles. The van der Waals surface area contributed by atoms with Crippen LogP contribution in [0.15, 0.2) is 66.9 Å². The maximum Gasteiger partial charge on any atom is 0.230 e. The largest absolute Gasteiger partial charge is 0.439 e. The molecule has 0 aliphatic rings. The lowest BCUT2D eigenvalue weighted by molar-refractivity contribution is -0.118. The molecule has 0 saturated carbocycles. The number of thioether (sulfide) groups is 1. The van der Waals surface area contributed by atoms with E-state index in [2.05, 4.69) is 35.4 Å². The van der Waals surface area contributed by atoms with E-state index >= 15 is 0 Å². The lowest BCUT2D eigenvalue weighted by Crippen LogP contribution is -2.25. The number of hydrogen-bond acceptors (Lipinski definition) is 4. The molecule has 0 aliphatic heterocycles. The third kappa shape index (κ3) is 6.09. The maximum atomic E-state index is 13.3. The minimum Gasteiger partial charge on any atom is -0.439 e. The summed E-state index contributed by atoms with van der Waals surface area (Å²) in [7, 11) is 0. The van der Waals surface area contributed by atoms with E-state index < -0.39 is 0 Å². The van der Waals surface area contributed by atoms with Crippen LogP contribution in [-0.4, -0.2) is 16.6 Å². The van der Waals surface area contributed by atoms with Crippen LogP contribution in [0.2, 0.25) is 0 Å². The fraction of sp³-hybridized carbons (Fsp3) is 0.182. The normalized spacial score (nSPS) is 10.5. The van der Waals surface area contributed by atoms with Crippen LogP contribution < -0.4 is 10.1 Å². The molecule has 3 rings (SSSR count). The van der Waals surface area contributed by atoms with Crippen molar-refractivity contribution < 1.29 is 13.9 Å². The number of carbonyl (C=O) groups is 1. The van der Waals surface area contributed by atoms with Gasteiger partial charge in [0.05, 0.1) is 5.75 Å². The molecule has 0 spiro atoms. The van der Waals surface area contributed by atoms with E-state index in [4.69, 9.17) is 4.74 Å². The van der Waals surface area contributed by atoms with Crippen LogP contribution in [0.4, 0.5) is 4.39 Å². The summed E-state index contributed by atoms with van der Waals surface area (Å²) in [6, 6.07) is 17.7. The number of aromatic nitrogens is 1. The zero-order valence-corrected chi connectivity index (χ0v) is 16.3. The Morgan fingerprint density at radius 3 is 2.82 bits per heavy atom. The molecule has 4 nitrogen and oxygen atoms in total. The number of halogens is 1. The monoisotopic (exact) mass is 396 g/mol. The fourth-order valence-electron chi connectivity index (χ4n) is 2.60. The smallest absolute Gasteiger partial charge is 0.230 e. The highest BCUT2D eigenvalue weighted by Crippen LogP contribution is 2.23. The first-order valence-electron chi connectivity index (χ1n) is 8.87. The quantitative estimate of drug-likeness (QED) is 0.590. The molecule has 0 fully saturated rings. The van der Waals surface area contributed by atoms with Gasteiger partial charge in [-0.1, -0.05) is 42.0 Å². The molecule has 6 heteroatoms. The first-order valence-corrected chi connectivity index (χ1v) is 10.0. The Labute approximate surface area is 168 Å². The maximum absolute atomic E-state index is 13.3. The molecule has 28 heavy (non-hydrogen) atoms. The number of nitrogens with zero attached hydrogens (tertiary/aromatic N) is 1. The number of ether oxygens (including phenoxy) is 1. The van der Waals surface area contributed by atoms with Crippen LogP contribution in [0, 0.1) is 12.7 Å². The first-order chi connectivity index (χ1) is 13.6. The van der Waals surface area contributed by atoms with E-state index in [1.54, 1.807) is 36.2 Å². The molecule has 0 atom stereocenters. The van der Waals surface area contributed by atoms with Gasteiger partial charge in [0.15, 0.2) is 0 Å². The summed E-state index contributed by atoms with van der Waals surface area (Å²) in [5.74, 6) is 1.43. The lowest BCUT2D eigenvalue weighted by Gasteiger charge is -2.11. The number of nitrogens with one attached hydrogen (secondary N) is 1. The first kappa shape index (κ1) is 19.9. The van der Waals surface area contributed by atoms with Crippen molar-refractivity contribution in [2.75, 3.05) is 5.75 Å². The van der Waals surface area contributed by atoms with Crippen molar-refractivity contribution in [3.63, 3.8) is 0 Å². The van der Waals surface area contributed by atoms with Gasteiger partial charge in [0.25, 0.3) is 0 Å². The number of hydrogen-bond donors (Lipinski definition) is 1. The van der Waals surface area contributed by atoms with Crippen LogP contribution in [0.25, 0.3) is 0 Å². The summed E-state index contributed by atoms with van der Waals surface area (Å²) >= 11 is 1.57. The van der Waals surface area contributed by atoms with Crippen molar-refractivity contribution >= 4 is 17.7 Å². The summed E-state index contributed by atoms with van der Waals surface area (Å²) in [6.45, 7) is 2.35. The summed E-state index contributed by atoms with van der Waals surface area (Å²) < 4.78 is 19.0. The van der Waals surface area contributed by atoms with E-state index in [0.29, 0.717) is 23.9 Å². The van der Waals surface area contributed by atoms with Gasteiger partial charge in [0.1, 0.15) is 11.6 Å². The Morgan fingerprint density at radius 1 is 1.14 bits per heavy atom. The van der Waals surface area contributed by atoms with E-state index in [-0.39, 0.29) is 11.7 Å².